The molecule has 1 aliphatic heterocycles. The first-order valence-electron chi connectivity index (χ1n) is 7.70. The topological polar surface area (TPSA) is 29.1 Å². The van der Waals surface area contributed by atoms with Crippen molar-refractivity contribution in [2.75, 3.05) is 5.32 Å². The molecule has 1 amide bonds. The van der Waals surface area contributed by atoms with Crippen LogP contribution < -0.4 is 5.32 Å². The van der Waals surface area contributed by atoms with Gasteiger partial charge in [0.2, 0.25) is 5.91 Å². The fourth-order valence-electron chi connectivity index (χ4n) is 3.35. The van der Waals surface area contributed by atoms with Crippen LogP contribution in [0.15, 0.2) is 18.2 Å². The van der Waals surface area contributed by atoms with Crippen LogP contribution in [0, 0.1) is 5.92 Å². The number of rotatable bonds is 3. The molecule has 0 saturated heterocycles. The Morgan fingerprint density at radius 1 is 1.25 bits per heavy atom. The van der Waals surface area contributed by atoms with Gasteiger partial charge in [0, 0.05) is 5.69 Å². The quantitative estimate of drug-likeness (QED) is 0.854. The van der Waals surface area contributed by atoms with Crippen LogP contribution in [0.1, 0.15) is 65.5 Å². The summed E-state index contributed by atoms with van der Waals surface area (Å²) in [5, 5.41) is 3.09. The number of benzene rings is 1. The van der Waals surface area contributed by atoms with Gasteiger partial charge in [-0.3, -0.25) is 4.79 Å². The van der Waals surface area contributed by atoms with E-state index in [9.17, 15) is 4.79 Å². The first-order chi connectivity index (χ1) is 9.23. The number of fused-ring (bicyclic) bond motifs is 1. The maximum Gasteiger partial charge on any atom is 0.235 e. The van der Waals surface area contributed by atoms with Crippen LogP contribution >= 0.6 is 0 Å². The summed E-state index contributed by atoms with van der Waals surface area (Å²) in [5.41, 5.74) is 3.26. The molecule has 20 heavy (non-hydrogen) atoms. The molecule has 1 aromatic rings. The Balaban J connectivity index is 2.62. The Kier molecular flexibility index (Phi) is 3.70. The minimum absolute atomic E-state index is 0.107. The highest BCUT2D eigenvalue weighted by molar-refractivity contribution is 6.06. The van der Waals surface area contributed by atoms with Gasteiger partial charge in [-0.2, -0.15) is 0 Å². The fraction of sp³-hybridized carbons (Fsp3) is 0.611. The molecule has 0 radical (unpaired) electrons. The van der Waals surface area contributed by atoms with Crippen molar-refractivity contribution in [1.82, 2.24) is 0 Å². The van der Waals surface area contributed by atoms with Gasteiger partial charge in [-0.05, 0) is 34.9 Å². The molecule has 1 aliphatic rings. The van der Waals surface area contributed by atoms with Crippen molar-refractivity contribution in [3.63, 3.8) is 0 Å². The summed E-state index contributed by atoms with van der Waals surface area (Å²) < 4.78 is 0. The van der Waals surface area contributed by atoms with Gasteiger partial charge in [0.1, 0.15) is 0 Å². The highest BCUT2D eigenvalue weighted by Gasteiger charge is 2.48. The van der Waals surface area contributed by atoms with Crippen LogP contribution in [-0.2, 0) is 15.6 Å². The summed E-state index contributed by atoms with van der Waals surface area (Å²) in [4.78, 5) is 12.6. The van der Waals surface area contributed by atoms with Gasteiger partial charge in [0.05, 0.1) is 5.41 Å². The summed E-state index contributed by atoms with van der Waals surface area (Å²) in [6.45, 7) is 13.1. The maximum atomic E-state index is 12.6. The molecule has 0 bridgehead atoms. The van der Waals surface area contributed by atoms with E-state index < -0.39 is 0 Å². The molecule has 1 heterocycles. The predicted octanol–water partition coefficient (Wildman–Crippen LogP) is 4.63. The summed E-state index contributed by atoms with van der Waals surface area (Å²) in [6, 6.07) is 6.47. The van der Waals surface area contributed by atoms with Gasteiger partial charge in [-0.15, -0.1) is 0 Å². The van der Waals surface area contributed by atoms with E-state index >= 15 is 0 Å². The summed E-state index contributed by atoms with van der Waals surface area (Å²) in [5.74, 6) is 0.481. The Morgan fingerprint density at radius 2 is 1.90 bits per heavy atom. The van der Waals surface area contributed by atoms with Crippen LogP contribution in [0.25, 0.3) is 0 Å². The molecule has 1 unspecified atom stereocenters. The Bertz CT molecular complexity index is 525. The SMILES string of the molecule is CCCC1(C(C)C)C(=O)Nc2ccc(C(C)(C)C)cc21. The minimum Gasteiger partial charge on any atom is -0.325 e. The molecule has 0 aromatic heterocycles. The lowest BCUT2D eigenvalue weighted by molar-refractivity contribution is -0.122. The molecule has 1 N–H and O–H groups in total. The highest BCUT2D eigenvalue weighted by atomic mass is 16.2. The Morgan fingerprint density at radius 3 is 2.40 bits per heavy atom. The van der Waals surface area contributed by atoms with Crippen LogP contribution in [0.2, 0.25) is 0 Å². The molecule has 2 nitrogen and oxygen atoms in total. The molecule has 110 valence electrons. The molecule has 0 aliphatic carbocycles. The lowest BCUT2D eigenvalue weighted by Crippen LogP contribution is -2.39. The first kappa shape index (κ1) is 15.1. The van der Waals surface area contributed by atoms with Crippen molar-refractivity contribution in [3.8, 4) is 0 Å². The van der Waals surface area contributed by atoms with E-state index in [1.165, 1.54) is 11.1 Å². The lowest BCUT2D eigenvalue weighted by atomic mass is 9.68. The summed E-state index contributed by atoms with van der Waals surface area (Å²) in [7, 11) is 0. The lowest BCUT2D eigenvalue weighted by Gasteiger charge is -2.32. The zero-order valence-corrected chi connectivity index (χ0v) is 13.6. The van der Waals surface area contributed by atoms with E-state index in [0.717, 1.165) is 18.5 Å². The Labute approximate surface area is 123 Å². The van der Waals surface area contributed by atoms with E-state index in [1.807, 2.05) is 0 Å². The Hall–Kier alpha value is -1.31. The number of anilines is 1. The molecule has 2 rings (SSSR count). The van der Waals surface area contributed by atoms with Gasteiger partial charge in [-0.1, -0.05) is 60.1 Å². The number of carbonyl (C=O) groups excluding carboxylic acids is 1. The zero-order chi connectivity index (χ0) is 15.1. The second-order valence-corrected chi connectivity index (χ2v) is 7.34. The van der Waals surface area contributed by atoms with Gasteiger partial charge in [0.15, 0.2) is 0 Å². The molecule has 1 aromatic carbocycles. The van der Waals surface area contributed by atoms with Crippen molar-refractivity contribution in [2.24, 2.45) is 5.92 Å². The summed E-state index contributed by atoms with van der Waals surface area (Å²) >= 11 is 0. The van der Waals surface area contributed by atoms with E-state index in [2.05, 4.69) is 65.1 Å². The molecular formula is C18H27NO. The second kappa shape index (κ2) is 4.91. The van der Waals surface area contributed by atoms with E-state index in [-0.39, 0.29) is 16.7 Å². The number of hydrogen-bond acceptors (Lipinski definition) is 1. The molecule has 0 spiro atoms. The van der Waals surface area contributed by atoms with Gasteiger partial charge >= 0.3 is 0 Å². The molecule has 2 heteroatoms. The van der Waals surface area contributed by atoms with Gasteiger partial charge in [0.25, 0.3) is 0 Å². The minimum atomic E-state index is -0.356. The zero-order valence-electron chi connectivity index (χ0n) is 13.6. The average molecular weight is 273 g/mol. The second-order valence-electron chi connectivity index (χ2n) is 7.34. The van der Waals surface area contributed by atoms with Crippen molar-refractivity contribution >= 4 is 11.6 Å². The maximum absolute atomic E-state index is 12.6. The molecule has 1 atom stereocenters. The van der Waals surface area contributed by atoms with Gasteiger partial charge < -0.3 is 5.32 Å². The predicted molar refractivity (Wildman–Crippen MR) is 85.2 cm³/mol. The molecule has 0 fully saturated rings. The van der Waals surface area contributed by atoms with Crippen molar-refractivity contribution < 1.29 is 4.79 Å². The van der Waals surface area contributed by atoms with Crippen molar-refractivity contribution in [3.05, 3.63) is 29.3 Å². The van der Waals surface area contributed by atoms with Crippen LogP contribution in [0.4, 0.5) is 5.69 Å². The van der Waals surface area contributed by atoms with Crippen LogP contribution in [0.5, 0.6) is 0 Å². The van der Waals surface area contributed by atoms with E-state index in [0.29, 0.717) is 5.92 Å². The third-order valence-corrected chi connectivity index (χ3v) is 4.65. The third-order valence-electron chi connectivity index (χ3n) is 4.65. The van der Waals surface area contributed by atoms with E-state index in [1.54, 1.807) is 0 Å². The number of carbonyl (C=O) groups is 1. The fourth-order valence-corrected chi connectivity index (χ4v) is 3.35. The monoisotopic (exact) mass is 273 g/mol. The number of hydrogen-bond donors (Lipinski definition) is 1. The summed E-state index contributed by atoms with van der Waals surface area (Å²) in [6.07, 6.45) is 1.93. The standard InChI is InChI=1S/C18H27NO/c1-7-10-18(12(2)3)14-11-13(17(4,5)6)8-9-15(14)19-16(18)20/h8-9,11-12H,7,10H2,1-6H3,(H,19,20). The van der Waals surface area contributed by atoms with Crippen molar-refractivity contribution in [1.29, 1.82) is 0 Å². The molecule has 0 saturated carbocycles. The highest BCUT2D eigenvalue weighted by Crippen LogP contribution is 2.47. The van der Waals surface area contributed by atoms with E-state index in [4.69, 9.17) is 0 Å². The third kappa shape index (κ3) is 2.15. The number of amides is 1. The average Bonchev–Trinajstić information content (AvgIpc) is 2.62. The molecular weight excluding hydrogens is 246 g/mol. The van der Waals surface area contributed by atoms with Gasteiger partial charge in [-0.25, -0.2) is 0 Å². The van der Waals surface area contributed by atoms with Crippen LogP contribution in [-0.4, -0.2) is 5.91 Å². The number of nitrogens with one attached hydrogen (secondary N) is 1. The normalized spacial score (nSPS) is 22.1. The van der Waals surface area contributed by atoms with Crippen molar-refractivity contribution in [2.45, 2.75) is 65.2 Å². The smallest absolute Gasteiger partial charge is 0.235 e. The largest absolute Gasteiger partial charge is 0.325 e. The first-order valence-corrected chi connectivity index (χ1v) is 7.70. The van der Waals surface area contributed by atoms with Crippen LogP contribution in [0.3, 0.4) is 0 Å².